The Balaban J connectivity index is 1.42. The fourth-order valence-electron chi connectivity index (χ4n) is 4.26. The minimum Gasteiger partial charge on any atom is -0.343 e. The molecule has 2 aliphatic heterocycles. The molecule has 2 fully saturated rings. The average molecular weight is 340 g/mol. The van der Waals surface area contributed by atoms with Crippen molar-refractivity contribution in [2.45, 2.75) is 58.0 Å². The van der Waals surface area contributed by atoms with Crippen LogP contribution in [0.2, 0.25) is 0 Å². The number of aryl methyl sites for hydroxylation is 1. The van der Waals surface area contributed by atoms with Crippen LogP contribution in [0, 0.1) is 6.92 Å². The highest BCUT2D eigenvalue weighted by Gasteiger charge is 2.26. The number of likely N-dealkylation sites (tertiary alicyclic amines) is 2. The summed E-state index contributed by atoms with van der Waals surface area (Å²) >= 11 is 0. The molecule has 0 unspecified atom stereocenters. The lowest BCUT2D eigenvalue weighted by atomic mass is 9.99. The average Bonchev–Trinajstić information content (AvgIpc) is 3.19. The molecule has 0 radical (unpaired) electrons. The Labute approximate surface area is 149 Å². The second-order valence-corrected chi connectivity index (χ2v) is 7.59. The van der Waals surface area contributed by atoms with Crippen LogP contribution in [0.4, 0.5) is 0 Å². The molecule has 134 valence electrons. The second-order valence-electron chi connectivity index (χ2n) is 7.59. The Morgan fingerprint density at radius 2 is 2.16 bits per heavy atom. The van der Waals surface area contributed by atoms with Gasteiger partial charge in [-0.1, -0.05) is 6.42 Å². The molecular weight excluding hydrogens is 312 g/mol. The summed E-state index contributed by atoms with van der Waals surface area (Å²) in [6, 6.07) is 4.83. The van der Waals surface area contributed by atoms with Crippen LogP contribution in [0.1, 0.15) is 49.8 Å². The predicted molar refractivity (Wildman–Crippen MR) is 98.4 cm³/mol. The molecule has 0 spiro atoms. The van der Waals surface area contributed by atoms with Gasteiger partial charge in [0.15, 0.2) is 0 Å². The van der Waals surface area contributed by atoms with Crippen LogP contribution in [0.15, 0.2) is 24.5 Å². The third-order valence-corrected chi connectivity index (χ3v) is 5.68. The lowest BCUT2D eigenvalue weighted by Gasteiger charge is -2.36. The van der Waals surface area contributed by atoms with E-state index < -0.39 is 0 Å². The van der Waals surface area contributed by atoms with Gasteiger partial charge in [0.05, 0.1) is 5.69 Å². The standard InChI is InChI=1S/C20H28N4O/c1-16-7-11-24-15-17(21-19(24)13-16)14-23-9-3-2-5-18(23)8-12-22-10-4-6-20(22)25/h7,11,13,15,18H,2-6,8-10,12,14H2,1H3/t18-/m1/s1. The fraction of sp³-hybridized carbons (Fsp3) is 0.600. The highest BCUT2D eigenvalue weighted by molar-refractivity contribution is 5.78. The normalized spacial score (nSPS) is 22.2. The van der Waals surface area contributed by atoms with Gasteiger partial charge < -0.3 is 9.30 Å². The number of fused-ring (bicyclic) bond motifs is 1. The number of carbonyl (C=O) groups is 1. The maximum Gasteiger partial charge on any atom is 0.222 e. The van der Waals surface area contributed by atoms with Crippen molar-refractivity contribution in [1.29, 1.82) is 0 Å². The van der Waals surface area contributed by atoms with Crippen molar-refractivity contribution in [1.82, 2.24) is 19.2 Å². The van der Waals surface area contributed by atoms with E-state index >= 15 is 0 Å². The number of piperidine rings is 1. The van der Waals surface area contributed by atoms with E-state index in [0.29, 0.717) is 11.9 Å². The molecule has 2 aliphatic rings. The quantitative estimate of drug-likeness (QED) is 0.840. The first-order chi connectivity index (χ1) is 12.2. The Hall–Kier alpha value is -1.88. The zero-order valence-electron chi connectivity index (χ0n) is 15.2. The number of rotatable bonds is 5. The van der Waals surface area contributed by atoms with Crippen LogP contribution in [0.25, 0.3) is 5.65 Å². The van der Waals surface area contributed by atoms with Crippen LogP contribution >= 0.6 is 0 Å². The maximum absolute atomic E-state index is 11.8. The molecule has 1 amide bonds. The van der Waals surface area contributed by atoms with Crippen molar-refractivity contribution in [3.63, 3.8) is 0 Å². The van der Waals surface area contributed by atoms with Crippen LogP contribution in [-0.4, -0.2) is 50.8 Å². The largest absolute Gasteiger partial charge is 0.343 e. The smallest absolute Gasteiger partial charge is 0.222 e. The summed E-state index contributed by atoms with van der Waals surface area (Å²) in [6.45, 7) is 6.04. The summed E-state index contributed by atoms with van der Waals surface area (Å²) < 4.78 is 2.12. The van der Waals surface area contributed by atoms with Gasteiger partial charge in [0.25, 0.3) is 0 Å². The van der Waals surface area contributed by atoms with Crippen molar-refractivity contribution in [3.05, 3.63) is 35.8 Å². The van der Waals surface area contributed by atoms with E-state index in [0.717, 1.165) is 56.8 Å². The molecule has 0 N–H and O–H groups in total. The third kappa shape index (κ3) is 3.71. The molecule has 2 saturated heterocycles. The number of pyridine rings is 1. The maximum atomic E-state index is 11.8. The fourth-order valence-corrected chi connectivity index (χ4v) is 4.26. The summed E-state index contributed by atoms with van der Waals surface area (Å²) in [7, 11) is 0. The van der Waals surface area contributed by atoms with Gasteiger partial charge in [-0.2, -0.15) is 0 Å². The van der Waals surface area contributed by atoms with Crippen LogP contribution in [0.5, 0.6) is 0 Å². The molecule has 0 aromatic carbocycles. The van der Waals surface area contributed by atoms with Gasteiger partial charge >= 0.3 is 0 Å². The minimum atomic E-state index is 0.345. The highest BCUT2D eigenvalue weighted by Crippen LogP contribution is 2.23. The molecule has 0 aliphatic carbocycles. The lowest BCUT2D eigenvalue weighted by molar-refractivity contribution is -0.127. The molecule has 4 heterocycles. The van der Waals surface area contributed by atoms with Crippen molar-refractivity contribution in [3.8, 4) is 0 Å². The third-order valence-electron chi connectivity index (χ3n) is 5.68. The molecule has 2 aromatic heterocycles. The molecule has 0 bridgehead atoms. The lowest BCUT2D eigenvalue weighted by Crippen LogP contribution is -2.41. The van der Waals surface area contributed by atoms with E-state index in [9.17, 15) is 4.79 Å². The Morgan fingerprint density at radius 1 is 1.24 bits per heavy atom. The van der Waals surface area contributed by atoms with Gasteiger partial charge in [-0.25, -0.2) is 4.98 Å². The van der Waals surface area contributed by atoms with E-state index in [1.807, 2.05) is 0 Å². The first-order valence-electron chi connectivity index (χ1n) is 9.65. The van der Waals surface area contributed by atoms with Gasteiger partial charge in [-0.3, -0.25) is 9.69 Å². The molecule has 1 atom stereocenters. The summed E-state index contributed by atoms with van der Waals surface area (Å²) in [5.74, 6) is 0.345. The van der Waals surface area contributed by atoms with Crippen LogP contribution in [-0.2, 0) is 11.3 Å². The van der Waals surface area contributed by atoms with E-state index in [-0.39, 0.29) is 0 Å². The van der Waals surface area contributed by atoms with Gasteiger partial charge in [-0.15, -0.1) is 0 Å². The first kappa shape index (κ1) is 16.6. The van der Waals surface area contributed by atoms with E-state index in [2.05, 4.69) is 45.7 Å². The number of amides is 1. The Kier molecular flexibility index (Phi) is 4.75. The number of nitrogens with zero attached hydrogens (tertiary/aromatic N) is 4. The molecule has 4 rings (SSSR count). The number of hydrogen-bond donors (Lipinski definition) is 0. The topological polar surface area (TPSA) is 40.9 Å². The highest BCUT2D eigenvalue weighted by atomic mass is 16.2. The van der Waals surface area contributed by atoms with Crippen molar-refractivity contribution < 1.29 is 4.79 Å². The number of carbonyl (C=O) groups excluding carboxylic acids is 1. The van der Waals surface area contributed by atoms with E-state index in [1.54, 1.807) is 0 Å². The molecular formula is C20H28N4O. The molecule has 5 heteroatoms. The Bertz CT molecular complexity index is 753. The monoisotopic (exact) mass is 340 g/mol. The van der Waals surface area contributed by atoms with E-state index in [1.165, 1.54) is 24.8 Å². The number of aromatic nitrogens is 2. The predicted octanol–water partition coefficient (Wildman–Crippen LogP) is 3.01. The zero-order valence-corrected chi connectivity index (χ0v) is 15.2. The molecule has 2 aromatic rings. The number of imidazole rings is 1. The summed E-state index contributed by atoms with van der Waals surface area (Å²) in [5, 5.41) is 0. The molecule has 25 heavy (non-hydrogen) atoms. The molecule has 0 saturated carbocycles. The van der Waals surface area contributed by atoms with Gasteiger partial charge in [0.2, 0.25) is 5.91 Å². The zero-order chi connectivity index (χ0) is 17.2. The Morgan fingerprint density at radius 3 is 3.00 bits per heavy atom. The second kappa shape index (κ2) is 7.16. The van der Waals surface area contributed by atoms with Gasteiger partial charge in [0, 0.05) is 44.5 Å². The molecule has 5 nitrogen and oxygen atoms in total. The van der Waals surface area contributed by atoms with Gasteiger partial charge in [0.1, 0.15) is 5.65 Å². The minimum absolute atomic E-state index is 0.345. The summed E-state index contributed by atoms with van der Waals surface area (Å²) in [6.07, 6.45) is 10.9. The van der Waals surface area contributed by atoms with Crippen LogP contribution in [0.3, 0.4) is 0 Å². The van der Waals surface area contributed by atoms with Crippen molar-refractivity contribution >= 4 is 11.6 Å². The first-order valence-corrected chi connectivity index (χ1v) is 9.65. The van der Waals surface area contributed by atoms with Gasteiger partial charge in [-0.05, 0) is 56.8 Å². The van der Waals surface area contributed by atoms with Crippen LogP contribution < -0.4 is 0 Å². The summed E-state index contributed by atoms with van der Waals surface area (Å²) in [5.41, 5.74) is 3.43. The summed E-state index contributed by atoms with van der Waals surface area (Å²) in [4.78, 5) is 21.3. The van der Waals surface area contributed by atoms with E-state index in [4.69, 9.17) is 4.98 Å². The van der Waals surface area contributed by atoms with Crippen molar-refractivity contribution in [2.24, 2.45) is 0 Å². The number of hydrogen-bond acceptors (Lipinski definition) is 3. The SMILES string of the molecule is Cc1ccn2cc(CN3CCCC[C@@H]3CCN3CCCC3=O)nc2c1. The van der Waals surface area contributed by atoms with Crippen molar-refractivity contribution in [2.75, 3.05) is 19.6 Å².